The van der Waals surface area contributed by atoms with Crippen LogP contribution in [0.15, 0.2) is 79.0 Å². The number of piperidine rings is 1. The molecule has 2 aromatic carbocycles. The average Bonchev–Trinajstić information content (AvgIpc) is 3.93. The Labute approximate surface area is 323 Å². The highest BCUT2D eigenvalue weighted by atomic mass is 19.1. The van der Waals surface area contributed by atoms with Crippen molar-refractivity contribution < 1.29 is 23.6 Å². The summed E-state index contributed by atoms with van der Waals surface area (Å²) in [5.41, 5.74) is 4.06. The normalized spacial score (nSPS) is 24.3. The van der Waals surface area contributed by atoms with Gasteiger partial charge in [-0.2, -0.15) is 0 Å². The van der Waals surface area contributed by atoms with Crippen molar-refractivity contribution in [3.63, 3.8) is 0 Å². The first-order valence-electron chi connectivity index (χ1n) is 19.3. The van der Waals surface area contributed by atoms with Crippen molar-refractivity contribution in [1.82, 2.24) is 35.6 Å². The highest BCUT2D eigenvalue weighted by molar-refractivity contribution is 6.23. The average molecular weight is 759 g/mol. The molecule has 2 unspecified atom stereocenters. The molecule has 3 atom stereocenters. The van der Waals surface area contributed by atoms with Gasteiger partial charge in [0.1, 0.15) is 29.7 Å². The van der Waals surface area contributed by atoms with Gasteiger partial charge >= 0.3 is 0 Å². The number of likely N-dealkylation sites (tertiary alicyclic amines) is 1. The first kappa shape index (κ1) is 35.6. The molecule has 4 fully saturated rings. The van der Waals surface area contributed by atoms with Gasteiger partial charge in [0.05, 0.1) is 28.6 Å². The fraction of sp³-hybridized carbons (Fsp3) is 0.366. The fourth-order valence-corrected chi connectivity index (χ4v) is 8.69. The van der Waals surface area contributed by atoms with Crippen molar-refractivity contribution in [2.75, 3.05) is 55.6 Å². The maximum absolute atomic E-state index is 13.9. The lowest BCUT2D eigenvalue weighted by atomic mass is 10.0. The second-order valence-corrected chi connectivity index (χ2v) is 15.1. The lowest BCUT2D eigenvalue weighted by molar-refractivity contribution is -0.136. The number of hydrogen-bond acceptors (Lipinski definition) is 11. The van der Waals surface area contributed by atoms with E-state index in [0.717, 1.165) is 92.0 Å². The predicted octanol–water partition coefficient (Wildman–Crippen LogP) is 2.82. The Hall–Kier alpha value is -6.09. The molecule has 1 aromatic heterocycles. The molecule has 6 aliphatic rings. The molecule has 0 bridgehead atoms. The number of rotatable bonds is 8. The van der Waals surface area contributed by atoms with Crippen LogP contribution >= 0.6 is 0 Å². The Bertz CT molecular complexity index is 2180. The first-order chi connectivity index (χ1) is 27.2. The Morgan fingerprint density at radius 1 is 0.857 bits per heavy atom. The molecule has 0 aliphatic carbocycles. The van der Waals surface area contributed by atoms with Crippen LogP contribution < -0.4 is 25.8 Å². The fourth-order valence-electron chi connectivity index (χ4n) is 8.69. The molecule has 7 heterocycles. The van der Waals surface area contributed by atoms with Crippen LogP contribution in [-0.2, 0) is 9.59 Å². The minimum absolute atomic E-state index is 0.00113. The van der Waals surface area contributed by atoms with E-state index in [2.05, 4.69) is 30.7 Å². The van der Waals surface area contributed by atoms with Crippen LogP contribution in [0.2, 0.25) is 0 Å². The highest BCUT2D eigenvalue weighted by Gasteiger charge is 2.45. The van der Waals surface area contributed by atoms with Gasteiger partial charge in [-0.15, -0.1) is 0 Å². The number of fused-ring (bicyclic) bond motifs is 1. The summed E-state index contributed by atoms with van der Waals surface area (Å²) in [5.74, 6) is -0.930. The zero-order valence-corrected chi connectivity index (χ0v) is 30.8. The predicted molar refractivity (Wildman–Crippen MR) is 207 cm³/mol. The van der Waals surface area contributed by atoms with E-state index in [0.29, 0.717) is 17.4 Å². The Kier molecular flexibility index (Phi) is 9.24. The van der Waals surface area contributed by atoms with Gasteiger partial charge in [-0.1, -0.05) is 18.2 Å². The van der Waals surface area contributed by atoms with Gasteiger partial charge in [0.15, 0.2) is 0 Å². The van der Waals surface area contributed by atoms with Crippen LogP contribution in [-0.4, -0.2) is 113 Å². The van der Waals surface area contributed by atoms with Crippen LogP contribution in [0.4, 0.5) is 15.9 Å². The van der Waals surface area contributed by atoms with Gasteiger partial charge in [0, 0.05) is 70.2 Å². The maximum Gasteiger partial charge on any atom is 0.262 e. The summed E-state index contributed by atoms with van der Waals surface area (Å²) in [4.78, 5) is 65.5. The van der Waals surface area contributed by atoms with Crippen molar-refractivity contribution in [2.24, 2.45) is 0 Å². The summed E-state index contributed by atoms with van der Waals surface area (Å²) >= 11 is 0. The molecule has 0 saturated carbocycles. The number of nitrogens with one attached hydrogen (secondary N) is 4. The molecule has 3 aromatic rings. The molecule has 14 nitrogen and oxygen atoms in total. The van der Waals surface area contributed by atoms with Crippen molar-refractivity contribution in [2.45, 2.75) is 50.0 Å². The molecule has 6 aliphatic heterocycles. The summed E-state index contributed by atoms with van der Waals surface area (Å²) in [7, 11) is 0. The van der Waals surface area contributed by atoms with Crippen LogP contribution in [0.25, 0.3) is 5.70 Å². The van der Waals surface area contributed by atoms with Gasteiger partial charge in [-0.05, 0) is 79.4 Å². The third kappa shape index (κ3) is 6.65. The van der Waals surface area contributed by atoms with Crippen molar-refractivity contribution >= 4 is 46.7 Å². The van der Waals surface area contributed by atoms with Gasteiger partial charge in [-0.3, -0.25) is 39.7 Å². The van der Waals surface area contributed by atoms with Crippen LogP contribution in [0.1, 0.15) is 63.7 Å². The van der Waals surface area contributed by atoms with Gasteiger partial charge in [0.2, 0.25) is 11.8 Å². The molecule has 15 heteroatoms. The number of halogens is 1. The minimum Gasteiger partial charge on any atom is -0.368 e. The number of amides is 4. The summed E-state index contributed by atoms with van der Waals surface area (Å²) in [6.45, 7) is 5.83. The molecule has 56 heavy (non-hydrogen) atoms. The third-order valence-corrected chi connectivity index (χ3v) is 11.8. The van der Waals surface area contributed by atoms with Gasteiger partial charge in [-0.25, -0.2) is 9.37 Å². The Morgan fingerprint density at radius 3 is 2.46 bits per heavy atom. The van der Waals surface area contributed by atoms with E-state index in [1.165, 1.54) is 6.07 Å². The van der Waals surface area contributed by atoms with Crippen molar-refractivity contribution in [1.29, 1.82) is 5.41 Å². The second kappa shape index (κ2) is 14.5. The first-order valence-corrected chi connectivity index (χ1v) is 19.3. The van der Waals surface area contributed by atoms with Crippen LogP contribution in [0.5, 0.6) is 0 Å². The smallest absolute Gasteiger partial charge is 0.262 e. The molecular formula is C41H43FN10O4. The summed E-state index contributed by atoms with van der Waals surface area (Å²) in [5, 5.41) is 17.8. The third-order valence-electron chi connectivity index (χ3n) is 11.8. The standard InChI is InChI=1S/C41H43FN10O4/c42-26-5-1-4-25(20-26)33-7-3-15-51(33)35(43)12-13-36-44-22-32(45-36)31-6-2-8-37(46-31)49-18-16-48(17-19-49)28-23-50(24-28)27-9-10-29-30(21-27)41(56)52(40(29)55)34-11-14-38(53)47-39(34)54/h1-2,4-6,8-10,12-13,20-22,28,33-34,36,43-45H,3,7,11,14-19,23-24H2,(H,47,53,54)/b13-12-,43-35?/t33-,34?,36?/m1/s1. The van der Waals surface area contributed by atoms with E-state index in [-0.39, 0.29) is 36.4 Å². The molecule has 4 amide bonds. The molecule has 288 valence electrons. The van der Waals surface area contributed by atoms with Crippen LogP contribution in [0, 0.1) is 11.2 Å². The van der Waals surface area contributed by atoms with Gasteiger partial charge < -0.3 is 25.3 Å². The lowest BCUT2D eigenvalue weighted by Gasteiger charge is -2.49. The van der Waals surface area contributed by atoms with Crippen molar-refractivity contribution in [3.05, 3.63) is 107 Å². The number of hydrogen-bond donors (Lipinski definition) is 4. The van der Waals surface area contributed by atoms with Crippen LogP contribution in [0.3, 0.4) is 0 Å². The van der Waals surface area contributed by atoms with E-state index in [9.17, 15) is 23.6 Å². The van der Waals surface area contributed by atoms with E-state index < -0.39 is 29.7 Å². The van der Waals surface area contributed by atoms with E-state index in [1.54, 1.807) is 30.3 Å². The number of imide groups is 2. The topological polar surface area (TPSA) is 157 Å². The number of carbonyl (C=O) groups excluding carboxylic acids is 4. The lowest BCUT2D eigenvalue weighted by Crippen LogP contribution is -2.63. The number of amidine groups is 1. The molecule has 0 spiro atoms. The molecular weight excluding hydrogens is 716 g/mol. The molecule has 9 rings (SSSR count). The minimum atomic E-state index is -0.978. The number of piperazine rings is 1. The summed E-state index contributed by atoms with van der Waals surface area (Å²) < 4.78 is 13.9. The van der Waals surface area contributed by atoms with Crippen molar-refractivity contribution in [3.8, 4) is 0 Å². The quantitative estimate of drug-likeness (QED) is 0.152. The molecule has 4 N–H and O–H groups in total. The van der Waals surface area contributed by atoms with E-state index in [4.69, 9.17) is 10.4 Å². The SMILES string of the molecule is N=C(/C=C\C1NC=C(c2cccc(N3CCN(C4CN(c5ccc6c(c5)C(=O)N(C5CCC(=O)NC5=O)C6=O)C4)CC3)n2)N1)N1CCC[C@@H]1c1cccc(F)c1. The number of anilines is 2. The number of benzene rings is 2. The number of aromatic nitrogens is 1. The Balaban J connectivity index is 0.754. The summed E-state index contributed by atoms with van der Waals surface area (Å²) in [6, 6.07) is 17.4. The molecule has 0 radical (unpaired) electrons. The van der Waals surface area contributed by atoms with Gasteiger partial charge in [0.25, 0.3) is 11.8 Å². The Morgan fingerprint density at radius 2 is 1.66 bits per heavy atom. The zero-order chi connectivity index (χ0) is 38.5. The molecule has 4 saturated heterocycles. The number of pyridine rings is 1. The second-order valence-electron chi connectivity index (χ2n) is 15.1. The van der Waals surface area contributed by atoms with E-state index >= 15 is 0 Å². The number of nitrogens with zero attached hydrogens (tertiary/aromatic N) is 6. The zero-order valence-electron chi connectivity index (χ0n) is 30.8. The van der Waals surface area contributed by atoms with E-state index in [1.807, 2.05) is 47.5 Å². The summed E-state index contributed by atoms with van der Waals surface area (Å²) in [6.07, 6.45) is 7.53. The number of carbonyl (C=O) groups is 4. The maximum atomic E-state index is 13.9. The monoisotopic (exact) mass is 758 g/mol. The highest BCUT2D eigenvalue weighted by Crippen LogP contribution is 2.34. The largest absolute Gasteiger partial charge is 0.368 e.